The second-order valence-corrected chi connectivity index (χ2v) is 7.09. The highest BCUT2D eigenvalue weighted by atomic mass is 127. The standard InChI is InChI=1S/C16H16ClIN6O/c1-11-14(18)8-20-24(11)6-5-15(25)21-16-19-10-23(22-16)9-12-3-2-4-13(17)7-12/h2-4,7-8,10H,5-6,9H2,1H3,(H,21,22,25). The van der Waals surface area contributed by atoms with Crippen LogP contribution in [0.5, 0.6) is 0 Å². The zero-order valence-corrected chi connectivity index (χ0v) is 16.4. The molecule has 9 heteroatoms. The summed E-state index contributed by atoms with van der Waals surface area (Å²) >= 11 is 8.19. The van der Waals surface area contributed by atoms with Crippen molar-refractivity contribution in [2.75, 3.05) is 5.32 Å². The molecule has 0 aliphatic carbocycles. The quantitative estimate of drug-likeness (QED) is 0.562. The lowest BCUT2D eigenvalue weighted by atomic mass is 10.2. The lowest BCUT2D eigenvalue weighted by molar-refractivity contribution is -0.116. The number of amides is 1. The molecule has 0 saturated heterocycles. The number of carbonyl (C=O) groups excluding carboxylic acids is 1. The fourth-order valence-corrected chi connectivity index (χ4v) is 2.91. The van der Waals surface area contributed by atoms with E-state index in [1.807, 2.05) is 35.9 Å². The Balaban J connectivity index is 1.54. The van der Waals surface area contributed by atoms with Gasteiger partial charge in [-0.05, 0) is 47.2 Å². The van der Waals surface area contributed by atoms with E-state index in [2.05, 4.69) is 43.1 Å². The smallest absolute Gasteiger partial charge is 0.248 e. The normalized spacial score (nSPS) is 10.8. The predicted molar refractivity (Wildman–Crippen MR) is 104 cm³/mol. The van der Waals surface area contributed by atoms with E-state index < -0.39 is 0 Å². The van der Waals surface area contributed by atoms with Crippen LogP contribution in [0.1, 0.15) is 17.7 Å². The fourth-order valence-electron chi connectivity index (χ4n) is 2.29. The first-order valence-electron chi connectivity index (χ1n) is 7.63. The van der Waals surface area contributed by atoms with E-state index in [9.17, 15) is 4.79 Å². The first kappa shape index (κ1) is 17.9. The van der Waals surface area contributed by atoms with Crippen molar-refractivity contribution < 1.29 is 4.79 Å². The third-order valence-electron chi connectivity index (χ3n) is 3.62. The second-order valence-electron chi connectivity index (χ2n) is 5.49. The van der Waals surface area contributed by atoms with Crippen molar-refractivity contribution in [1.29, 1.82) is 0 Å². The Labute approximate surface area is 163 Å². The summed E-state index contributed by atoms with van der Waals surface area (Å²) in [4.78, 5) is 16.2. The zero-order valence-electron chi connectivity index (χ0n) is 13.5. The number of rotatable bonds is 6. The second kappa shape index (κ2) is 7.96. The van der Waals surface area contributed by atoms with E-state index in [0.29, 0.717) is 30.5 Å². The van der Waals surface area contributed by atoms with Gasteiger partial charge in [-0.15, -0.1) is 5.10 Å². The zero-order chi connectivity index (χ0) is 17.8. The monoisotopic (exact) mass is 470 g/mol. The van der Waals surface area contributed by atoms with Gasteiger partial charge in [-0.2, -0.15) is 5.10 Å². The largest absolute Gasteiger partial charge is 0.293 e. The Kier molecular flexibility index (Phi) is 5.69. The number of aromatic nitrogens is 5. The van der Waals surface area contributed by atoms with Crippen LogP contribution in [-0.4, -0.2) is 30.5 Å². The summed E-state index contributed by atoms with van der Waals surface area (Å²) in [5.41, 5.74) is 2.07. The highest BCUT2D eigenvalue weighted by molar-refractivity contribution is 14.1. The van der Waals surface area contributed by atoms with E-state index in [-0.39, 0.29) is 5.91 Å². The molecule has 0 aliphatic heterocycles. The number of hydrogen-bond donors (Lipinski definition) is 1. The summed E-state index contributed by atoms with van der Waals surface area (Å²) in [6, 6.07) is 7.53. The number of carbonyl (C=O) groups is 1. The van der Waals surface area contributed by atoms with E-state index in [0.717, 1.165) is 14.8 Å². The molecule has 1 amide bonds. The topological polar surface area (TPSA) is 77.6 Å². The summed E-state index contributed by atoms with van der Waals surface area (Å²) in [5, 5.41) is 11.9. The van der Waals surface area contributed by atoms with Crippen molar-refractivity contribution in [3.63, 3.8) is 0 Å². The van der Waals surface area contributed by atoms with Gasteiger partial charge in [0, 0.05) is 17.1 Å². The summed E-state index contributed by atoms with van der Waals surface area (Å²) < 4.78 is 4.55. The van der Waals surface area contributed by atoms with Crippen LogP contribution in [0, 0.1) is 10.5 Å². The lowest BCUT2D eigenvalue weighted by Crippen LogP contribution is -2.16. The van der Waals surface area contributed by atoms with E-state index >= 15 is 0 Å². The van der Waals surface area contributed by atoms with Crippen molar-refractivity contribution in [3.8, 4) is 0 Å². The Morgan fingerprint density at radius 3 is 2.96 bits per heavy atom. The molecule has 0 fully saturated rings. The number of nitrogens with zero attached hydrogens (tertiary/aromatic N) is 5. The molecule has 0 spiro atoms. The summed E-state index contributed by atoms with van der Waals surface area (Å²) in [6.07, 6.45) is 3.67. The molecule has 2 aromatic heterocycles. The van der Waals surface area contributed by atoms with Gasteiger partial charge < -0.3 is 0 Å². The molecule has 3 aromatic rings. The Bertz CT molecular complexity index is 890. The molecule has 0 bridgehead atoms. The van der Waals surface area contributed by atoms with Crippen molar-refractivity contribution >= 4 is 46.0 Å². The third-order valence-corrected chi connectivity index (χ3v) is 4.91. The molecule has 0 atom stereocenters. The minimum Gasteiger partial charge on any atom is -0.293 e. The summed E-state index contributed by atoms with van der Waals surface area (Å²) in [7, 11) is 0. The van der Waals surface area contributed by atoms with Crippen LogP contribution < -0.4 is 5.32 Å². The highest BCUT2D eigenvalue weighted by Crippen LogP contribution is 2.12. The number of anilines is 1. The minimum absolute atomic E-state index is 0.148. The van der Waals surface area contributed by atoms with Crippen LogP contribution >= 0.6 is 34.2 Å². The van der Waals surface area contributed by atoms with Crippen LogP contribution in [0.2, 0.25) is 5.02 Å². The molecule has 1 N–H and O–H groups in total. The fraction of sp³-hybridized carbons (Fsp3) is 0.250. The maximum atomic E-state index is 12.1. The molecule has 0 aliphatic rings. The number of aryl methyl sites for hydroxylation is 1. The molecule has 0 radical (unpaired) electrons. The van der Waals surface area contributed by atoms with Gasteiger partial charge in [-0.25, -0.2) is 9.67 Å². The molecular weight excluding hydrogens is 455 g/mol. The predicted octanol–water partition coefficient (Wildman–Crippen LogP) is 3.12. The van der Waals surface area contributed by atoms with Crippen LogP contribution in [0.4, 0.5) is 5.95 Å². The van der Waals surface area contributed by atoms with Gasteiger partial charge in [0.2, 0.25) is 11.9 Å². The summed E-state index contributed by atoms with van der Waals surface area (Å²) in [6.45, 7) is 3.03. The maximum Gasteiger partial charge on any atom is 0.248 e. The van der Waals surface area contributed by atoms with E-state index in [1.54, 1.807) is 17.2 Å². The highest BCUT2D eigenvalue weighted by Gasteiger charge is 2.09. The maximum absolute atomic E-state index is 12.1. The molecule has 7 nitrogen and oxygen atoms in total. The molecule has 0 unspecified atom stereocenters. The van der Waals surface area contributed by atoms with Crippen molar-refractivity contribution in [2.45, 2.75) is 26.4 Å². The van der Waals surface area contributed by atoms with Crippen LogP contribution in [0.25, 0.3) is 0 Å². The van der Waals surface area contributed by atoms with Crippen molar-refractivity contribution in [2.24, 2.45) is 0 Å². The molecule has 0 saturated carbocycles. The van der Waals surface area contributed by atoms with Crippen molar-refractivity contribution in [1.82, 2.24) is 24.5 Å². The Hall–Kier alpha value is -1.94. The van der Waals surface area contributed by atoms with Gasteiger partial charge in [-0.1, -0.05) is 23.7 Å². The SMILES string of the molecule is Cc1c(I)cnn1CCC(=O)Nc1ncn(Cc2cccc(Cl)c2)n1. The number of benzene rings is 1. The minimum atomic E-state index is -0.148. The van der Waals surface area contributed by atoms with E-state index in [4.69, 9.17) is 11.6 Å². The Morgan fingerprint density at radius 2 is 2.24 bits per heavy atom. The average molecular weight is 471 g/mol. The first-order chi connectivity index (χ1) is 12.0. The van der Waals surface area contributed by atoms with Crippen LogP contribution in [-0.2, 0) is 17.9 Å². The van der Waals surface area contributed by atoms with Crippen LogP contribution in [0.15, 0.2) is 36.8 Å². The van der Waals surface area contributed by atoms with Gasteiger partial charge in [0.15, 0.2) is 0 Å². The van der Waals surface area contributed by atoms with Gasteiger partial charge in [0.1, 0.15) is 6.33 Å². The van der Waals surface area contributed by atoms with Crippen molar-refractivity contribution in [3.05, 3.63) is 56.6 Å². The molecule has 1 aromatic carbocycles. The van der Waals surface area contributed by atoms with Gasteiger partial charge in [0.05, 0.1) is 22.9 Å². The van der Waals surface area contributed by atoms with Gasteiger partial charge >= 0.3 is 0 Å². The molecule has 25 heavy (non-hydrogen) atoms. The molecular formula is C16H16ClIN6O. The molecule has 2 heterocycles. The molecule has 3 rings (SSSR count). The number of halogens is 2. The molecule has 130 valence electrons. The lowest BCUT2D eigenvalue weighted by Gasteiger charge is -2.04. The number of nitrogens with one attached hydrogen (secondary N) is 1. The van der Waals surface area contributed by atoms with E-state index in [1.165, 1.54) is 0 Å². The first-order valence-corrected chi connectivity index (χ1v) is 9.08. The van der Waals surface area contributed by atoms with Crippen LogP contribution in [0.3, 0.4) is 0 Å². The Morgan fingerprint density at radius 1 is 1.40 bits per heavy atom. The van der Waals surface area contributed by atoms with Gasteiger partial charge in [0.25, 0.3) is 0 Å². The summed E-state index contributed by atoms with van der Waals surface area (Å²) in [5.74, 6) is 0.143. The van der Waals surface area contributed by atoms with Gasteiger partial charge in [-0.3, -0.25) is 14.8 Å². The number of hydrogen-bond acceptors (Lipinski definition) is 4. The average Bonchev–Trinajstić information content (AvgIpc) is 3.13. The third kappa shape index (κ3) is 4.79.